The van der Waals surface area contributed by atoms with E-state index in [1.165, 1.54) is 0 Å². The molecule has 0 radical (unpaired) electrons. The normalized spacial score (nSPS) is 11.6. The number of hydrogen-bond acceptors (Lipinski definition) is 3. The summed E-state index contributed by atoms with van der Waals surface area (Å²) in [5.41, 5.74) is 3.08. The number of benzene rings is 3. The number of H-pyrrole nitrogens is 1. The number of aromatic nitrogens is 2. The van der Waals surface area contributed by atoms with Crippen molar-refractivity contribution in [3.63, 3.8) is 0 Å². The predicted molar refractivity (Wildman–Crippen MR) is 106 cm³/mol. The maximum atomic E-state index is 12.6. The van der Waals surface area contributed by atoms with Crippen molar-refractivity contribution in [1.82, 2.24) is 10.2 Å². The second kappa shape index (κ2) is 6.59. The molecular formula is C19H14BrN3O2S. The SMILES string of the molecule is O=S(=O)(Nc1ccc2[nH]nc(-c3ccccc3)c2c1)c1ccc(Br)cc1. The van der Waals surface area contributed by atoms with E-state index in [-0.39, 0.29) is 4.90 Å². The molecule has 0 unspecified atom stereocenters. The van der Waals surface area contributed by atoms with Crippen molar-refractivity contribution in [2.75, 3.05) is 4.72 Å². The summed E-state index contributed by atoms with van der Waals surface area (Å²) in [6, 6.07) is 21.6. The Kier molecular flexibility index (Phi) is 4.26. The molecule has 1 aromatic heterocycles. The van der Waals surface area contributed by atoms with Crippen molar-refractivity contribution < 1.29 is 8.42 Å². The van der Waals surface area contributed by atoms with Crippen LogP contribution in [0.25, 0.3) is 22.2 Å². The van der Waals surface area contributed by atoms with E-state index in [1.54, 1.807) is 36.4 Å². The van der Waals surface area contributed by atoms with E-state index in [2.05, 4.69) is 30.8 Å². The van der Waals surface area contributed by atoms with Gasteiger partial charge in [-0.1, -0.05) is 46.3 Å². The van der Waals surface area contributed by atoms with Crippen LogP contribution >= 0.6 is 15.9 Å². The van der Waals surface area contributed by atoms with Gasteiger partial charge < -0.3 is 0 Å². The van der Waals surface area contributed by atoms with Crippen LogP contribution in [0.4, 0.5) is 5.69 Å². The summed E-state index contributed by atoms with van der Waals surface area (Å²) in [5.74, 6) is 0. The lowest BCUT2D eigenvalue weighted by Crippen LogP contribution is -2.12. The van der Waals surface area contributed by atoms with Gasteiger partial charge in [0.05, 0.1) is 16.1 Å². The Hall–Kier alpha value is -2.64. The molecule has 4 rings (SSSR count). The van der Waals surface area contributed by atoms with E-state index < -0.39 is 10.0 Å². The smallest absolute Gasteiger partial charge is 0.261 e. The maximum absolute atomic E-state index is 12.6. The van der Waals surface area contributed by atoms with Crippen LogP contribution in [0.3, 0.4) is 0 Å². The summed E-state index contributed by atoms with van der Waals surface area (Å²) in [4.78, 5) is 0.205. The van der Waals surface area contributed by atoms with E-state index >= 15 is 0 Å². The van der Waals surface area contributed by atoms with Crippen LogP contribution in [-0.2, 0) is 10.0 Å². The van der Waals surface area contributed by atoms with Gasteiger partial charge in [-0.2, -0.15) is 5.10 Å². The Morgan fingerprint density at radius 2 is 1.65 bits per heavy atom. The molecule has 0 aliphatic carbocycles. The summed E-state index contributed by atoms with van der Waals surface area (Å²) < 4.78 is 28.6. The van der Waals surface area contributed by atoms with Gasteiger partial charge in [0.1, 0.15) is 0 Å². The van der Waals surface area contributed by atoms with E-state index in [0.29, 0.717) is 5.69 Å². The fraction of sp³-hybridized carbons (Fsp3) is 0. The van der Waals surface area contributed by atoms with Crippen LogP contribution < -0.4 is 4.72 Å². The summed E-state index contributed by atoms with van der Waals surface area (Å²) in [5, 5.41) is 8.20. The highest BCUT2D eigenvalue weighted by molar-refractivity contribution is 9.10. The summed E-state index contributed by atoms with van der Waals surface area (Å²) in [6.45, 7) is 0. The van der Waals surface area contributed by atoms with Gasteiger partial charge in [0.25, 0.3) is 10.0 Å². The lowest BCUT2D eigenvalue weighted by atomic mass is 10.1. The van der Waals surface area contributed by atoms with Gasteiger partial charge in [0.15, 0.2) is 0 Å². The fourth-order valence-corrected chi connectivity index (χ4v) is 4.04. The first-order valence-electron chi connectivity index (χ1n) is 7.85. The van der Waals surface area contributed by atoms with Crippen LogP contribution in [0.5, 0.6) is 0 Å². The highest BCUT2D eigenvalue weighted by Gasteiger charge is 2.15. The van der Waals surface area contributed by atoms with Gasteiger partial charge in [-0.15, -0.1) is 0 Å². The number of anilines is 1. The molecule has 0 aliphatic rings. The van der Waals surface area contributed by atoms with Crippen molar-refractivity contribution in [3.05, 3.63) is 77.3 Å². The zero-order valence-corrected chi connectivity index (χ0v) is 15.9. The second-order valence-corrected chi connectivity index (χ2v) is 8.36. The molecule has 0 saturated carbocycles. The zero-order chi connectivity index (χ0) is 18.1. The van der Waals surface area contributed by atoms with Crippen molar-refractivity contribution in [2.45, 2.75) is 4.90 Å². The lowest BCUT2D eigenvalue weighted by Gasteiger charge is -2.08. The number of fused-ring (bicyclic) bond motifs is 1. The monoisotopic (exact) mass is 427 g/mol. The minimum atomic E-state index is -3.66. The third-order valence-corrected chi connectivity index (χ3v) is 5.91. The molecule has 0 bridgehead atoms. The molecule has 5 nitrogen and oxygen atoms in total. The Labute approximate surface area is 159 Å². The molecule has 0 amide bonds. The summed E-state index contributed by atoms with van der Waals surface area (Å²) in [7, 11) is -3.66. The van der Waals surface area contributed by atoms with Crippen molar-refractivity contribution >= 4 is 42.5 Å². The third kappa shape index (κ3) is 3.23. The minimum absolute atomic E-state index is 0.205. The molecule has 4 aromatic rings. The molecule has 26 heavy (non-hydrogen) atoms. The summed E-state index contributed by atoms with van der Waals surface area (Å²) in [6.07, 6.45) is 0. The first kappa shape index (κ1) is 16.8. The zero-order valence-electron chi connectivity index (χ0n) is 13.5. The van der Waals surface area contributed by atoms with E-state index in [4.69, 9.17) is 0 Å². The number of sulfonamides is 1. The van der Waals surface area contributed by atoms with E-state index in [1.807, 2.05) is 36.4 Å². The molecule has 0 atom stereocenters. The predicted octanol–water partition coefficient (Wildman–Crippen LogP) is 4.79. The maximum Gasteiger partial charge on any atom is 0.261 e. The number of nitrogens with one attached hydrogen (secondary N) is 2. The lowest BCUT2D eigenvalue weighted by molar-refractivity contribution is 0.601. The van der Waals surface area contributed by atoms with Gasteiger partial charge in [-0.25, -0.2) is 8.42 Å². The van der Waals surface area contributed by atoms with Crippen LogP contribution in [0.15, 0.2) is 82.2 Å². The first-order chi connectivity index (χ1) is 12.5. The first-order valence-corrected chi connectivity index (χ1v) is 10.1. The fourth-order valence-electron chi connectivity index (χ4n) is 2.72. The number of nitrogens with zero attached hydrogens (tertiary/aromatic N) is 1. The molecule has 0 saturated heterocycles. The Bertz CT molecular complexity index is 1170. The third-order valence-electron chi connectivity index (χ3n) is 3.99. The molecule has 130 valence electrons. The van der Waals surface area contributed by atoms with Gasteiger partial charge >= 0.3 is 0 Å². The summed E-state index contributed by atoms with van der Waals surface area (Å²) >= 11 is 3.31. The standard InChI is InChI=1S/C19H14BrN3O2S/c20-14-6-9-16(10-7-14)26(24,25)23-15-8-11-18-17(12-15)19(22-21-18)13-4-2-1-3-5-13/h1-12,23H,(H,21,22). The topological polar surface area (TPSA) is 74.8 Å². The van der Waals surface area contributed by atoms with Crippen molar-refractivity contribution in [1.29, 1.82) is 0 Å². The average Bonchev–Trinajstić information content (AvgIpc) is 3.06. The molecule has 0 spiro atoms. The molecule has 7 heteroatoms. The van der Waals surface area contributed by atoms with E-state index in [9.17, 15) is 8.42 Å². The number of rotatable bonds is 4. The van der Waals surface area contributed by atoms with Crippen LogP contribution in [-0.4, -0.2) is 18.6 Å². The Balaban J connectivity index is 1.72. The number of halogens is 1. The largest absolute Gasteiger partial charge is 0.280 e. The van der Waals surface area contributed by atoms with Crippen molar-refractivity contribution in [3.8, 4) is 11.3 Å². The van der Waals surface area contributed by atoms with Gasteiger partial charge in [-0.3, -0.25) is 9.82 Å². The van der Waals surface area contributed by atoms with Crippen molar-refractivity contribution in [2.24, 2.45) is 0 Å². The van der Waals surface area contributed by atoms with Crippen LogP contribution in [0.1, 0.15) is 0 Å². The van der Waals surface area contributed by atoms with Crippen LogP contribution in [0.2, 0.25) is 0 Å². The molecule has 3 aromatic carbocycles. The second-order valence-electron chi connectivity index (χ2n) is 5.76. The molecule has 0 fully saturated rings. The molecule has 2 N–H and O–H groups in total. The number of aromatic amines is 1. The highest BCUT2D eigenvalue weighted by Crippen LogP contribution is 2.29. The van der Waals surface area contributed by atoms with Gasteiger partial charge in [0, 0.05) is 21.1 Å². The molecular weight excluding hydrogens is 414 g/mol. The Morgan fingerprint density at radius 3 is 2.38 bits per heavy atom. The number of hydrogen-bond donors (Lipinski definition) is 2. The van der Waals surface area contributed by atoms with Gasteiger partial charge in [0.2, 0.25) is 0 Å². The molecule has 0 aliphatic heterocycles. The van der Waals surface area contributed by atoms with Crippen LogP contribution in [0, 0.1) is 0 Å². The Morgan fingerprint density at radius 1 is 0.923 bits per heavy atom. The highest BCUT2D eigenvalue weighted by atomic mass is 79.9. The average molecular weight is 428 g/mol. The molecule has 1 heterocycles. The minimum Gasteiger partial charge on any atom is -0.280 e. The van der Waals surface area contributed by atoms with Gasteiger partial charge in [-0.05, 0) is 42.5 Å². The quantitative estimate of drug-likeness (QED) is 0.491. The van der Waals surface area contributed by atoms with E-state index in [0.717, 1.165) is 26.6 Å².